The number of nitrogens with zero attached hydrogens (tertiary/aromatic N) is 2. The van der Waals surface area contributed by atoms with Crippen LogP contribution in [0, 0.1) is 5.92 Å². The number of hydrogen-bond donors (Lipinski definition) is 0. The number of fused-ring (bicyclic) bond motifs is 5. The maximum atomic E-state index is 13.7. The van der Waals surface area contributed by atoms with E-state index in [1.165, 1.54) is 12.1 Å². The molecule has 3 fully saturated rings. The Morgan fingerprint density at radius 3 is 2.48 bits per heavy atom. The van der Waals surface area contributed by atoms with E-state index in [4.69, 9.17) is 0 Å². The van der Waals surface area contributed by atoms with Crippen molar-refractivity contribution in [3.05, 3.63) is 65.7 Å². The summed E-state index contributed by atoms with van der Waals surface area (Å²) in [5.74, 6) is -0.377. The number of carbonyl (C=O) groups is 2. The van der Waals surface area contributed by atoms with Gasteiger partial charge in [-0.05, 0) is 48.9 Å². The van der Waals surface area contributed by atoms with Crippen LogP contribution in [0.25, 0.3) is 0 Å². The molecule has 3 atom stereocenters. The van der Waals surface area contributed by atoms with Crippen LogP contribution in [0.2, 0.25) is 0 Å². The van der Waals surface area contributed by atoms with E-state index in [1.54, 1.807) is 4.90 Å². The van der Waals surface area contributed by atoms with Crippen molar-refractivity contribution < 1.29 is 22.8 Å². The smallest absolute Gasteiger partial charge is 0.306 e. The van der Waals surface area contributed by atoms with Crippen LogP contribution >= 0.6 is 0 Å². The topological polar surface area (TPSA) is 40.6 Å². The van der Waals surface area contributed by atoms with E-state index in [0.29, 0.717) is 6.42 Å². The van der Waals surface area contributed by atoms with Crippen molar-refractivity contribution in [1.29, 1.82) is 0 Å². The van der Waals surface area contributed by atoms with Crippen molar-refractivity contribution in [2.24, 2.45) is 5.92 Å². The van der Waals surface area contributed by atoms with Crippen LogP contribution in [0.4, 0.5) is 23.7 Å². The van der Waals surface area contributed by atoms with Gasteiger partial charge in [0.15, 0.2) is 0 Å². The number of anilines is 1. The number of imide groups is 1. The summed E-state index contributed by atoms with van der Waals surface area (Å²) in [5, 5.41) is 0. The maximum Gasteiger partial charge on any atom is 0.416 e. The van der Waals surface area contributed by atoms with E-state index in [0.717, 1.165) is 41.9 Å². The van der Waals surface area contributed by atoms with Crippen LogP contribution in [0.15, 0.2) is 54.6 Å². The van der Waals surface area contributed by atoms with Crippen molar-refractivity contribution in [2.75, 3.05) is 4.90 Å². The number of benzene rings is 2. The molecule has 2 aromatic carbocycles. The van der Waals surface area contributed by atoms with Crippen LogP contribution < -0.4 is 4.90 Å². The molecular weight excluding hydrogens is 381 g/mol. The zero-order valence-electron chi connectivity index (χ0n) is 15.5. The number of hydrogen-bond acceptors (Lipinski definition) is 2. The zero-order chi connectivity index (χ0) is 20.4. The highest BCUT2D eigenvalue weighted by Crippen LogP contribution is 2.55. The maximum absolute atomic E-state index is 13.7. The normalized spacial score (nSPS) is 28.4. The summed E-state index contributed by atoms with van der Waals surface area (Å²) in [6.07, 6.45) is -1.70. The molecule has 150 valence electrons. The van der Waals surface area contributed by atoms with Crippen molar-refractivity contribution in [3.63, 3.8) is 0 Å². The molecule has 5 rings (SSSR count). The second-order valence-electron chi connectivity index (χ2n) is 8.09. The fourth-order valence-electron chi connectivity index (χ4n) is 5.40. The van der Waals surface area contributed by atoms with Crippen molar-refractivity contribution in [3.8, 4) is 0 Å². The number of urea groups is 1. The first-order chi connectivity index (χ1) is 13.8. The summed E-state index contributed by atoms with van der Waals surface area (Å²) in [6.45, 7) is 0. The average Bonchev–Trinajstić information content (AvgIpc) is 3.34. The Balaban J connectivity index is 1.59. The van der Waals surface area contributed by atoms with Gasteiger partial charge in [0.2, 0.25) is 0 Å². The molecule has 1 aliphatic carbocycles. The Hall–Kier alpha value is -2.83. The molecule has 0 radical (unpaired) electrons. The highest BCUT2D eigenvalue weighted by atomic mass is 19.4. The lowest BCUT2D eigenvalue weighted by molar-refractivity contribution is -0.137. The van der Waals surface area contributed by atoms with Crippen LogP contribution in [0.3, 0.4) is 0 Å². The van der Waals surface area contributed by atoms with E-state index in [9.17, 15) is 22.8 Å². The van der Waals surface area contributed by atoms with Gasteiger partial charge >= 0.3 is 12.2 Å². The molecular formula is C22H19F3N2O2. The molecule has 0 spiro atoms. The van der Waals surface area contributed by atoms with E-state index < -0.39 is 29.2 Å². The average molecular weight is 400 g/mol. The predicted octanol–water partition coefficient (Wildman–Crippen LogP) is 4.64. The fourth-order valence-corrected chi connectivity index (χ4v) is 5.40. The molecule has 4 nitrogen and oxygen atoms in total. The van der Waals surface area contributed by atoms with Crippen molar-refractivity contribution in [2.45, 2.75) is 43.4 Å². The zero-order valence-corrected chi connectivity index (χ0v) is 15.5. The van der Waals surface area contributed by atoms with E-state index in [2.05, 4.69) is 0 Å². The quantitative estimate of drug-likeness (QED) is 0.705. The molecule has 0 aromatic heterocycles. The largest absolute Gasteiger partial charge is 0.416 e. The first-order valence-corrected chi connectivity index (χ1v) is 9.71. The van der Waals surface area contributed by atoms with Crippen LogP contribution in [-0.4, -0.2) is 28.4 Å². The Kier molecular flexibility index (Phi) is 3.82. The Bertz CT molecular complexity index is 991. The van der Waals surface area contributed by atoms with Gasteiger partial charge < -0.3 is 4.90 Å². The second kappa shape index (κ2) is 6.08. The van der Waals surface area contributed by atoms with Crippen molar-refractivity contribution >= 4 is 17.6 Å². The Morgan fingerprint density at radius 2 is 1.76 bits per heavy atom. The number of carbonyl (C=O) groups excluding carboxylic acids is 2. The standard InChI is InChI=1S/C22H19F3N2O2/c23-22(24,25)16-7-4-8-17(12-16)26-19(28)21(13-14-5-2-1-3-6-14)15-9-10-18(11-15)27(21)20(26)29/h1-8,12,15,18H,9-11,13H2/t15-,18+,21?/m1/s1. The molecule has 0 N–H and O–H groups in total. The first-order valence-electron chi connectivity index (χ1n) is 9.71. The van der Waals surface area contributed by atoms with Gasteiger partial charge in [-0.3, -0.25) is 4.79 Å². The highest BCUT2D eigenvalue weighted by molar-refractivity contribution is 6.24. The molecule has 2 aromatic rings. The third kappa shape index (κ3) is 2.52. The SMILES string of the molecule is O=C1N(c2cccc(C(F)(F)F)c2)C(=O)C2(Cc3ccccc3)[C@@H]3CC[C@@H](C3)N12. The monoisotopic (exact) mass is 400 g/mol. The summed E-state index contributed by atoms with van der Waals surface area (Å²) < 4.78 is 39.5. The van der Waals surface area contributed by atoms with Crippen LogP contribution in [0.5, 0.6) is 0 Å². The minimum atomic E-state index is -4.54. The summed E-state index contributed by atoms with van der Waals surface area (Å²) in [6, 6.07) is 13.4. The molecule has 2 aliphatic heterocycles. The van der Waals surface area contributed by atoms with Gasteiger partial charge in [-0.2, -0.15) is 13.2 Å². The lowest BCUT2D eigenvalue weighted by Gasteiger charge is -2.38. The molecule has 1 unspecified atom stereocenters. The molecule has 3 aliphatic rings. The molecule has 2 saturated heterocycles. The molecule has 7 heteroatoms. The third-order valence-corrected chi connectivity index (χ3v) is 6.59. The molecule has 2 bridgehead atoms. The van der Waals surface area contributed by atoms with Crippen LogP contribution in [0.1, 0.15) is 30.4 Å². The van der Waals surface area contributed by atoms with Crippen LogP contribution in [-0.2, 0) is 17.4 Å². The summed E-state index contributed by atoms with van der Waals surface area (Å²) in [5.41, 5.74) is -0.953. The minimum Gasteiger partial charge on any atom is -0.306 e. The predicted molar refractivity (Wildman–Crippen MR) is 100 cm³/mol. The molecule has 29 heavy (non-hydrogen) atoms. The first kappa shape index (κ1) is 18.2. The molecule has 2 heterocycles. The lowest BCUT2D eigenvalue weighted by atomic mass is 9.78. The number of rotatable bonds is 3. The van der Waals surface area contributed by atoms with Gasteiger partial charge in [-0.1, -0.05) is 36.4 Å². The summed E-state index contributed by atoms with van der Waals surface area (Å²) >= 11 is 0. The van der Waals surface area contributed by atoms with E-state index in [-0.39, 0.29) is 17.6 Å². The second-order valence-corrected chi connectivity index (χ2v) is 8.09. The van der Waals surface area contributed by atoms with Gasteiger partial charge in [0.1, 0.15) is 5.54 Å². The van der Waals surface area contributed by atoms with Gasteiger partial charge in [-0.15, -0.1) is 0 Å². The van der Waals surface area contributed by atoms with E-state index >= 15 is 0 Å². The van der Waals surface area contributed by atoms with E-state index in [1.807, 2.05) is 30.3 Å². The summed E-state index contributed by atoms with van der Waals surface area (Å²) in [4.78, 5) is 29.6. The highest BCUT2D eigenvalue weighted by Gasteiger charge is 2.69. The number of amides is 3. The lowest BCUT2D eigenvalue weighted by Crippen LogP contribution is -2.55. The van der Waals surface area contributed by atoms with Gasteiger partial charge in [0, 0.05) is 12.5 Å². The number of halogens is 3. The van der Waals surface area contributed by atoms with Gasteiger partial charge in [-0.25, -0.2) is 9.69 Å². The summed E-state index contributed by atoms with van der Waals surface area (Å²) in [7, 11) is 0. The molecule has 3 amide bonds. The molecule has 1 saturated carbocycles. The minimum absolute atomic E-state index is 0.0175. The fraction of sp³-hybridized carbons (Fsp3) is 0.364. The Labute approximate surface area is 165 Å². The van der Waals surface area contributed by atoms with Crippen molar-refractivity contribution in [1.82, 2.24) is 4.90 Å². The number of alkyl halides is 3. The van der Waals surface area contributed by atoms with Gasteiger partial charge in [0.25, 0.3) is 5.91 Å². The van der Waals surface area contributed by atoms with Gasteiger partial charge in [0.05, 0.1) is 11.3 Å². The Morgan fingerprint density at radius 1 is 1.00 bits per heavy atom. The number of piperidine rings is 1. The third-order valence-electron chi connectivity index (χ3n) is 6.59.